The molecule has 1 aliphatic carbocycles. The Labute approximate surface area is 169 Å². The maximum atomic E-state index is 12.7. The number of nitrogens with zero attached hydrogens (tertiary/aromatic N) is 2. The Morgan fingerprint density at radius 1 is 1.31 bits per heavy atom. The van der Waals surface area contributed by atoms with Gasteiger partial charge in [-0.05, 0) is 56.9 Å². The molecule has 1 aromatic carbocycles. The lowest BCUT2D eigenvalue weighted by Gasteiger charge is -2.20. The lowest BCUT2D eigenvalue weighted by Crippen LogP contribution is -2.46. The zero-order chi connectivity index (χ0) is 20.8. The van der Waals surface area contributed by atoms with Crippen LogP contribution in [0.3, 0.4) is 0 Å². The third-order valence-electron chi connectivity index (χ3n) is 5.91. The summed E-state index contributed by atoms with van der Waals surface area (Å²) >= 11 is 0. The second-order valence-corrected chi connectivity index (χ2v) is 8.05. The van der Waals surface area contributed by atoms with E-state index >= 15 is 0 Å². The topological polar surface area (TPSA) is 92.7 Å². The molecule has 2 aromatic rings. The van der Waals surface area contributed by atoms with E-state index in [-0.39, 0.29) is 18.4 Å². The van der Waals surface area contributed by atoms with E-state index in [1.807, 2.05) is 25.1 Å². The first-order valence-electron chi connectivity index (χ1n) is 9.86. The Morgan fingerprint density at radius 2 is 2.07 bits per heavy atom. The summed E-state index contributed by atoms with van der Waals surface area (Å²) < 4.78 is 7.33. The minimum Gasteiger partial charge on any atom is -0.383 e. The van der Waals surface area contributed by atoms with Crippen molar-refractivity contribution >= 4 is 34.4 Å². The van der Waals surface area contributed by atoms with Crippen molar-refractivity contribution in [2.75, 3.05) is 25.6 Å². The van der Waals surface area contributed by atoms with Gasteiger partial charge in [0, 0.05) is 35.9 Å². The molecular weight excluding hydrogens is 372 g/mol. The summed E-state index contributed by atoms with van der Waals surface area (Å²) in [4.78, 5) is 38.4. The van der Waals surface area contributed by atoms with Gasteiger partial charge >= 0.3 is 6.03 Å². The Kier molecular flexibility index (Phi) is 4.82. The van der Waals surface area contributed by atoms with Crippen LogP contribution < -0.4 is 10.6 Å². The number of fused-ring (bicyclic) bond motifs is 1. The molecule has 29 heavy (non-hydrogen) atoms. The molecule has 154 valence electrons. The molecule has 2 heterocycles. The second-order valence-electron chi connectivity index (χ2n) is 8.05. The molecule has 0 unspecified atom stereocenters. The van der Waals surface area contributed by atoms with Crippen LogP contribution in [-0.2, 0) is 20.9 Å². The van der Waals surface area contributed by atoms with Gasteiger partial charge in [0.2, 0.25) is 5.91 Å². The van der Waals surface area contributed by atoms with Crippen molar-refractivity contribution in [2.45, 2.75) is 38.8 Å². The Balaban J connectivity index is 1.45. The number of benzene rings is 1. The highest BCUT2D eigenvalue weighted by atomic mass is 16.5. The Hall–Kier alpha value is -2.87. The molecule has 0 radical (unpaired) electrons. The van der Waals surface area contributed by atoms with E-state index in [2.05, 4.69) is 21.3 Å². The van der Waals surface area contributed by atoms with Crippen molar-refractivity contribution in [1.29, 1.82) is 0 Å². The lowest BCUT2D eigenvalue weighted by molar-refractivity contribution is -0.134. The highest BCUT2D eigenvalue weighted by molar-refractivity contribution is 6.10. The van der Waals surface area contributed by atoms with E-state index in [1.165, 1.54) is 0 Å². The van der Waals surface area contributed by atoms with Crippen LogP contribution in [0.15, 0.2) is 24.3 Å². The quantitative estimate of drug-likeness (QED) is 0.700. The maximum absolute atomic E-state index is 12.7. The number of aromatic nitrogens is 1. The van der Waals surface area contributed by atoms with Crippen LogP contribution in [0, 0.1) is 12.8 Å². The molecular formula is C21H26N4O4. The number of nitrogens with one attached hydrogen (secondary N) is 2. The summed E-state index contributed by atoms with van der Waals surface area (Å²) in [7, 11) is 1.67. The molecule has 2 N–H and O–H groups in total. The summed E-state index contributed by atoms with van der Waals surface area (Å²) in [6.45, 7) is 4.85. The van der Waals surface area contributed by atoms with Gasteiger partial charge in [-0.3, -0.25) is 14.5 Å². The highest BCUT2D eigenvalue weighted by Gasteiger charge is 2.56. The summed E-state index contributed by atoms with van der Waals surface area (Å²) in [5.41, 5.74) is 1.92. The predicted molar refractivity (Wildman–Crippen MR) is 109 cm³/mol. The number of amides is 4. The summed E-state index contributed by atoms with van der Waals surface area (Å²) in [6.07, 6.45) is 1.85. The lowest BCUT2D eigenvalue weighted by atomic mass is 9.96. The van der Waals surface area contributed by atoms with Gasteiger partial charge in [0.1, 0.15) is 12.1 Å². The van der Waals surface area contributed by atoms with Crippen LogP contribution in [-0.4, -0.2) is 53.1 Å². The van der Waals surface area contributed by atoms with Crippen molar-refractivity contribution < 1.29 is 19.1 Å². The van der Waals surface area contributed by atoms with Crippen molar-refractivity contribution in [2.24, 2.45) is 5.92 Å². The van der Waals surface area contributed by atoms with Crippen LogP contribution >= 0.6 is 0 Å². The highest BCUT2D eigenvalue weighted by Crippen LogP contribution is 2.42. The van der Waals surface area contributed by atoms with Crippen LogP contribution in [0.5, 0.6) is 0 Å². The molecule has 2 fully saturated rings. The van der Waals surface area contributed by atoms with Gasteiger partial charge in [0.15, 0.2) is 0 Å². The number of anilines is 1. The number of ether oxygens (including phenoxy) is 1. The van der Waals surface area contributed by atoms with E-state index in [4.69, 9.17) is 4.74 Å². The van der Waals surface area contributed by atoms with Gasteiger partial charge in [0.05, 0.1) is 6.61 Å². The van der Waals surface area contributed by atoms with Crippen LogP contribution in [0.1, 0.15) is 25.5 Å². The zero-order valence-corrected chi connectivity index (χ0v) is 16.9. The van der Waals surface area contributed by atoms with Gasteiger partial charge < -0.3 is 19.9 Å². The van der Waals surface area contributed by atoms with Crippen LogP contribution in [0.4, 0.5) is 10.5 Å². The smallest absolute Gasteiger partial charge is 0.325 e. The third-order valence-corrected chi connectivity index (χ3v) is 5.91. The van der Waals surface area contributed by atoms with Gasteiger partial charge in [0.25, 0.3) is 5.91 Å². The average molecular weight is 398 g/mol. The minimum absolute atomic E-state index is 0.166. The summed E-state index contributed by atoms with van der Waals surface area (Å²) in [5.74, 6) is -0.551. The van der Waals surface area contributed by atoms with Crippen molar-refractivity contribution in [3.63, 3.8) is 0 Å². The number of carbonyl (C=O) groups is 3. The standard InChI is InChI=1S/C21H26N4O4/c1-13-10-14-11-16(6-7-17(14)24(13)8-9-29-3)22-18(26)12-25-19(27)21(2,15-4-5-15)23-20(25)28/h6-7,10-11,15H,4-5,8-9,12H2,1-3H3,(H,22,26)(H,23,28)/t21-/m1/s1. The fraction of sp³-hybridized carbons (Fsp3) is 0.476. The molecule has 1 saturated heterocycles. The Morgan fingerprint density at radius 3 is 2.76 bits per heavy atom. The molecule has 1 aromatic heterocycles. The summed E-state index contributed by atoms with van der Waals surface area (Å²) in [5, 5.41) is 6.56. The monoisotopic (exact) mass is 398 g/mol. The van der Waals surface area contributed by atoms with E-state index in [0.29, 0.717) is 12.3 Å². The van der Waals surface area contributed by atoms with E-state index in [9.17, 15) is 14.4 Å². The zero-order valence-electron chi connectivity index (χ0n) is 16.9. The van der Waals surface area contributed by atoms with Crippen molar-refractivity contribution in [3.05, 3.63) is 30.0 Å². The molecule has 4 amide bonds. The normalized spacial score (nSPS) is 21.7. The molecule has 1 aliphatic heterocycles. The van der Waals surface area contributed by atoms with Crippen molar-refractivity contribution in [3.8, 4) is 0 Å². The first-order chi connectivity index (χ1) is 13.8. The van der Waals surface area contributed by atoms with Crippen LogP contribution in [0.25, 0.3) is 10.9 Å². The molecule has 8 heteroatoms. The Bertz CT molecular complexity index is 994. The summed E-state index contributed by atoms with van der Waals surface area (Å²) in [6, 6.07) is 7.22. The number of carbonyl (C=O) groups excluding carboxylic acids is 3. The molecule has 2 aliphatic rings. The fourth-order valence-corrected chi connectivity index (χ4v) is 4.11. The average Bonchev–Trinajstić information content (AvgIpc) is 3.44. The number of hydrogen-bond donors (Lipinski definition) is 2. The molecule has 0 spiro atoms. The molecule has 0 bridgehead atoms. The fourth-order valence-electron chi connectivity index (χ4n) is 4.11. The predicted octanol–water partition coefficient (Wildman–Crippen LogP) is 2.26. The van der Waals surface area contributed by atoms with Crippen LogP contribution in [0.2, 0.25) is 0 Å². The molecule has 1 saturated carbocycles. The third kappa shape index (κ3) is 3.48. The SMILES string of the molecule is COCCn1c(C)cc2cc(NC(=O)CN3C(=O)N[C@](C)(C4CC4)C3=O)ccc21. The van der Waals surface area contributed by atoms with Gasteiger partial charge in [-0.1, -0.05) is 0 Å². The van der Waals surface area contributed by atoms with Crippen molar-refractivity contribution in [1.82, 2.24) is 14.8 Å². The second kappa shape index (κ2) is 7.18. The van der Waals surface area contributed by atoms with E-state index in [0.717, 1.165) is 40.9 Å². The molecule has 4 rings (SSSR count). The number of aryl methyl sites for hydroxylation is 1. The van der Waals surface area contributed by atoms with Gasteiger partial charge in [-0.2, -0.15) is 0 Å². The first kappa shape index (κ1) is 19.4. The number of rotatable bonds is 7. The van der Waals surface area contributed by atoms with Gasteiger partial charge in [-0.25, -0.2) is 4.79 Å². The largest absolute Gasteiger partial charge is 0.383 e. The molecule has 8 nitrogen and oxygen atoms in total. The number of imide groups is 1. The number of methoxy groups -OCH3 is 1. The van der Waals surface area contributed by atoms with Gasteiger partial charge in [-0.15, -0.1) is 0 Å². The van der Waals surface area contributed by atoms with E-state index < -0.39 is 17.5 Å². The number of urea groups is 1. The first-order valence-corrected chi connectivity index (χ1v) is 9.86. The van der Waals surface area contributed by atoms with E-state index in [1.54, 1.807) is 14.0 Å². The number of hydrogen-bond acceptors (Lipinski definition) is 4. The molecule has 1 atom stereocenters. The maximum Gasteiger partial charge on any atom is 0.325 e. The minimum atomic E-state index is -0.876.